The van der Waals surface area contributed by atoms with Crippen LogP contribution >= 0.6 is 0 Å². The number of Topliss-reactive ketones (excluding diaryl/α,β-unsaturated/α-hetero) is 1. The summed E-state index contributed by atoms with van der Waals surface area (Å²) in [5.41, 5.74) is 5.75. The number of rotatable bonds is 3. The normalized spacial score (nSPS) is 20.6. The van der Waals surface area contributed by atoms with Crippen molar-refractivity contribution in [2.24, 2.45) is 0 Å². The number of carbonyl (C=O) groups is 2. The van der Waals surface area contributed by atoms with Crippen LogP contribution in [0.25, 0.3) is 0 Å². The van der Waals surface area contributed by atoms with Crippen molar-refractivity contribution in [2.75, 3.05) is 24.4 Å². The number of anilines is 2. The summed E-state index contributed by atoms with van der Waals surface area (Å²) < 4.78 is 10.9. The number of methoxy groups -OCH3 is 2. The number of benzene rings is 3. The fourth-order valence-electron chi connectivity index (χ4n) is 5.51. The molecule has 6 nitrogen and oxygen atoms in total. The van der Waals surface area contributed by atoms with E-state index in [-0.39, 0.29) is 17.6 Å². The maximum absolute atomic E-state index is 13.8. The Hall–Kier alpha value is -4.06. The van der Waals surface area contributed by atoms with E-state index < -0.39 is 6.04 Å². The van der Waals surface area contributed by atoms with Crippen LogP contribution in [0.2, 0.25) is 0 Å². The first kappa shape index (κ1) is 20.5. The molecule has 34 heavy (non-hydrogen) atoms. The molecule has 0 aromatic heterocycles. The standard InChI is InChI=1S/C28H24N2O4/c1-33-24-12-11-16(15-25(24)34-2)17-13-21-26(23(31)14-17)27-18-7-3-4-8-19(18)28(32)30(27)22-10-6-5-9-20(22)29-21/h3-12,15,17,27,29H,13-14H2,1-2H3. The third-order valence-electron chi connectivity index (χ3n) is 7.07. The number of hydrogen-bond donors (Lipinski definition) is 1. The zero-order valence-electron chi connectivity index (χ0n) is 19.0. The quantitative estimate of drug-likeness (QED) is 0.589. The minimum Gasteiger partial charge on any atom is -0.493 e. The predicted molar refractivity (Wildman–Crippen MR) is 130 cm³/mol. The molecule has 1 N–H and O–H groups in total. The lowest BCUT2D eigenvalue weighted by Gasteiger charge is -2.31. The smallest absolute Gasteiger partial charge is 0.259 e. The number of hydrogen-bond acceptors (Lipinski definition) is 5. The van der Waals surface area contributed by atoms with Gasteiger partial charge in [0.2, 0.25) is 0 Å². The molecule has 3 aliphatic rings. The molecule has 3 aromatic rings. The second-order valence-electron chi connectivity index (χ2n) is 8.84. The molecule has 1 aliphatic carbocycles. The Bertz CT molecular complexity index is 1380. The summed E-state index contributed by atoms with van der Waals surface area (Å²) in [6.45, 7) is 0. The number of nitrogens with zero attached hydrogens (tertiary/aromatic N) is 1. The summed E-state index contributed by atoms with van der Waals surface area (Å²) in [5.74, 6) is 1.28. The summed E-state index contributed by atoms with van der Waals surface area (Å²) >= 11 is 0. The first-order valence-corrected chi connectivity index (χ1v) is 11.4. The van der Waals surface area contributed by atoms with Gasteiger partial charge in [-0.1, -0.05) is 36.4 Å². The van der Waals surface area contributed by atoms with Gasteiger partial charge in [-0.05, 0) is 53.8 Å². The Morgan fingerprint density at radius 3 is 2.47 bits per heavy atom. The van der Waals surface area contributed by atoms with Gasteiger partial charge in [-0.2, -0.15) is 0 Å². The van der Waals surface area contributed by atoms with E-state index >= 15 is 0 Å². The summed E-state index contributed by atoms with van der Waals surface area (Å²) in [6, 6.07) is 20.8. The molecule has 0 bridgehead atoms. The lowest BCUT2D eigenvalue weighted by molar-refractivity contribution is -0.116. The largest absolute Gasteiger partial charge is 0.493 e. The predicted octanol–water partition coefficient (Wildman–Crippen LogP) is 5.23. The van der Waals surface area contributed by atoms with Crippen LogP contribution in [0.1, 0.15) is 46.3 Å². The minimum absolute atomic E-state index is 0.00961. The van der Waals surface area contributed by atoms with Gasteiger partial charge in [-0.25, -0.2) is 0 Å². The van der Waals surface area contributed by atoms with Crippen molar-refractivity contribution in [1.82, 2.24) is 0 Å². The minimum atomic E-state index is -0.422. The van der Waals surface area contributed by atoms with E-state index in [4.69, 9.17) is 9.47 Å². The molecule has 3 aromatic carbocycles. The van der Waals surface area contributed by atoms with Gasteiger partial charge in [0.25, 0.3) is 5.91 Å². The van der Waals surface area contributed by atoms with Gasteiger partial charge in [-0.15, -0.1) is 0 Å². The molecule has 6 rings (SSSR count). The van der Waals surface area contributed by atoms with Crippen LogP contribution in [-0.4, -0.2) is 25.9 Å². The van der Waals surface area contributed by atoms with E-state index in [1.165, 1.54) is 0 Å². The Labute approximate surface area is 197 Å². The number of carbonyl (C=O) groups excluding carboxylic acids is 2. The molecule has 6 heteroatoms. The SMILES string of the molecule is COc1ccc(C2CC(=O)C3=C(C2)Nc2ccccc2N2C(=O)c4ccccc4C32)cc1OC. The number of allylic oxidation sites excluding steroid dienone is 1. The lowest BCUT2D eigenvalue weighted by atomic mass is 9.78. The molecule has 0 radical (unpaired) electrons. The number of para-hydroxylation sites is 2. The van der Waals surface area contributed by atoms with Crippen molar-refractivity contribution >= 4 is 23.1 Å². The number of ketones is 1. The van der Waals surface area contributed by atoms with Crippen LogP contribution in [0.15, 0.2) is 78.0 Å². The van der Waals surface area contributed by atoms with Crippen LogP contribution in [0, 0.1) is 0 Å². The van der Waals surface area contributed by atoms with Crippen molar-refractivity contribution in [3.8, 4) is 11.5 Å². The zero-order chi connectivity index (χ0) is 23.4. The lowest BCUT2D eigenvalue weighted by Crippen LogP contribution is -2.32. The van der Waals surface area contributed by atoms with Crippen molar-refractivity contribution < 1.29 is 19.1 Å². The Balaban J connectivity index is 1.49. The van der Waals surface area contributed by atoms with E-state index in [1.807, 2.05) is 66.7 Å². The molecular weight excluding hydrogens is 428 g/mol. The average molecular weight is 453 g/mol. The maximum atomic E-state index is 13.8. The van der Waals surface area contributed by atoms with Crippen LogP contribution in [0.4, 0.5) is 11.4 Å². The van der Waals surface area contributed by atoms with Crippen LogP contribution in [-0.2, 0) is 4.79 Å². The molecule has 0 fully saturated rings. The van der Waals surface area contributed by atoms with E-state index in [2.05, 4.69) is 5.32 Å². The molecule has 2 atom stereocenters. The molecule has 1 amide bonds. The number of ether oxygens (including phenoxy) is 2. The van der Waals surface area contributed by atoms with Crippen LogP contribution < -0.4 is 19.7 Å². The third kappa shape index (κ3) is 2.95. The van der Waals surface area contributed by atoms with Crippen molar-refractivity contribution in [3.63, 3.8) is 0 Å². The van der Waals surface area contributed by atoms with E-state index in [9.17, 15) is 9.59 Å². The first-order chi connectivity index (χ1) is 16.6. The van der Waals surface area contributed by atoms with E-state index in [0.29, 0.717) is 35.5 Å². The second-order valence-corrected chi connectivity index (χ2v) is 8.84. The average Bonchev–Trinajstić information content (AvgIpc) is 3.06. The highest BCUT2D eigenvalue weighted by atomic mass is 16.5. The molecule has 170 valence electrons. The molecule has 2 aliphatic heterocycles. The van der Waals surface area contributed by atoms with Gasteiger partial charge in [-0.3, -0.25) is 14.5 Å². The fourth-order valence-corrected chi connectivity index (χ4v) is 5.51. The molecule has 0 spiro atoms. The van der Waals surface area contributed by atoms with E-state index in [0.717, 1.165) is 28.2 Å². The van der Waals surface area contributed by atoms with Crippen LogP contribution in [0.3, 0.4) is 0 Å². The molecule has 0 saturated carbocycles. The number of amides is 1. The van der Waals surface area contributed by atoms with Gasteiger partial charge < -0.3 is 14.8 Å². The number of fused-ring (bicyclic) bond motifs is 6. The first-order valence-electron chi connectivity index (χ1n) is 11.4. The third-order valence-corrected chi connectivity index (χ3v) is 7.07. The fraction of sp³-hybridized carbons (Fsp3) is 0.214. The van der Waals surface area contributed by atoms with Gasteiger partial charge in [0.15, 0.2) is 17.3 Å². The summed E-state index contributed by atoms with van der Waals surface area (Å²) in [5, 5.41) is 3.53. The highest BCUT2D eigenvalue weighted by Crippen LogP contribution is 2.51. The van der Waals surface area contributed by atoms with Crippen molar-refractivity contribution in [3.05, 3.63) is 94.7 Å². The van der Waals surface area contributed by atoms with Gasteiger partial charge in [0.05, 0.1) is 31.6 Å². The maximum Gasteiger partial charge on any atom is 0.259 e. The van der Waals surface area contributed by atoms with Crippen molar-refractivity contribution in [2.45, 2.75) is 24.8 Å². The molecule has 0 saturated heterocycles. The topological polar surface area (TPSA) is 67.9 Å². The van der Waals surface area contributed by atoms with Gasteiger partial charge in [0, 0.05) is 23.3 Å². The molecule has 2 heterocycles. The highest BCUT2D eigenvalue weighted by Gasteiger charge is 2.46. The summed E-state index contributed by atoms with van der Waals surface area (Å²) in [7, 11) is 3.22. The summed E-state index contributed by atoms with van der Waals surface area (Å²) in [4.78, 5) is 29.0. The number of nitrogens with one attached hydrogen (secondary N) is 1. The monoisotopic (exact) mass is 452 g/mol. The van der Waals surface area contributed by atoms with Gasteiger partial charge in [0.1, 0.15) is 0 Å². The summed E-state index contributed by atoms with van der Waals surface area (Å²) in [6.07, 6.45) is 1.03. The highest BCUT2D eigenvalue weighted by molar-refractivity contribution is 6.16. The Morgan fingerprint density at radius 1 is 0.882 bits per heavy atom. The molecular formula is C28H24N2O4. The van der Waals surface area contributed by atoms with E-state index in [1.54, 1.807) is 19.1 Å². The second kappa shape index (κ2) is 7.76. The van der Waals surface area contributed by atoms with Crippen LogP contribution in [0.5, 0.6) is 11.5 Å². The zero-order valence-corrected chi connectivity index (χ0v) is 19.0. The van der Waals surface area contributed by atoms with Crippen molar-refractivity contribution in [1.29, 1.82) is 0 Å². The molecule has 2 unspecified atom stereocenters. The Kier molecular flexibility index (Phi) is 4.69. The van der Waals surface area contributed by atoms with Gasteiger partial charge >= 0.3 is 0 Å². The Morgan fingerprint density at radius 2 is 1.65 bits per heavy atom.